The summed E-state index contributed by atoms with van der Waals surface area (Å²) in [5, 5.41) is 13.2. The third kappa shape index (κ3) is 4.56. The summed E-state index contributed by atoms with van der Waals surface area (Å²) in [5.41, 5.74) is 8.37. The van der Waals surface area contributed by atoms with Gasteiger partial charge in [-0.3, -0.25) is 14.1 Å². The number of ether oxygens (including phenoxy) is 1. The van der Waals surface area contributed by atoms with Crippen molar-refractivity contribution < 1.29 is 14.6 Å². The van der Waals surface area contributed by atoms with Crippen LogP contribution in [0.1, 0.15) is 21.7 Å². The third-order valence-electron chi connectivity index (χ3n) is 6.64. The Morgan fingerprint density at radius 2 is 1.94 bits per heavy atom. The van der Waals surface area contributed by atoms with E-state index < -0.39 is 5.91 Å². The summed E-state index contributed by atoms with van der Waals surface area (Å²) in [4.78, 5) is 24.9. The number of nitrogens with zero attached hydrogens (tertiary/aromatic N) is 5. The normalized spacial score (nSPS) is 14.3. The van der Waals surface area contributed by atoms with Crippen LogP contribution in [-0.4, -0.2) is 70.1 Å². The molecular formula is C25H29ClN6O3. The quantitative estimate of drug-likeness (QED) is 0.422. The van der Waals surface area contributed by atoms with Crippen molar-refractivity contribution in [2.24, 2.45) is 5.73 Å². The molecule has 0 bridgehead atoms. The summed E-state index contributed by atoms with van der Waals surface area (Å²) in [6, 6.07) is 12.6. The highest BCUT2D eigenvalue weighted by Crippen LogP contribution is 2.31. The molecule has 5 rings (SSSR count). The molecule has 0 spiro atoms. The number of halogens is 1. The Morgan fingerprint density at radius 1 is 1.17 bits per heavy atom. The Kier molecular flexibility index (Phi) is 7.00. The zero-order valence-electron chi connectivity index (χ0n) is 19.8. The second-order valence-electron chi connectivity index (χ2n) is 8.59. The summed E-state index contributed by atoms with van der Waals surface area (Å²) in [5.74, 6) is 0.259. The molecule has 0 unspecified atom stereocenters. The minimum atomic E-state index is -0.663. The fraction of sp³-hybridized carbons (Fsp3) is 0.320. The number of hydrogen-bond acceptors (Lipinski definition) is 7. The molecule has 1 fully saturated rings. The van der Waals surface area contributed by atoms with Gasteiger partial charge in [0.15, 0.2) is 11.3 Å². The monoisotopic (exact) mass is 496 g/mol. The lowest BCUT2D eigenvalue weighted by Gasteiger charge is -2.36. The van der Waals surface area contributed by atoms with Crippen LogP contribution in [0.15, 0.2) is 42.7 Å². The SMILES string of the molecule is COc1ccc2cccc(N3CCN(CCc4c(C)nc5c(C(N)=O)ncn5c4O)CC3)c2c1.Cl. The van der Waals surface area contributed by atoms with E-state index in [1.165, 1.54) is 27.2 Å². The van der Waals surface area contributed by atoms with E-state index in [4.69, 9.17) is 10.5 Å². The maximum atomic E-state index is 11.6. The Bertz CT molecular complexity index is 1380. The topological polar surface area (TPSA) is 109 Å². The molecule has 1 aliphatic heterocycles. The Hall–Kier alpha value is -3.56. The number of anilines is 1. The van der Waals surface area contributed by atoms with Gasteiger partial charge in [-0.2, -0.15) is 0 Å². The van der Waals surface area contributed by atoms with Crippen LogP contribution >= 0.6 is 12.4 Å². The van der Waals surface area contributed by atoms with E-state index in [1.54, 1.807) is 7.11 Å². The molecule has 9 nitrogen and oxygen atoms in total. The van der Waals surface area contributed by atoms with Crippen molar-refractivity contribution in [2.75, 3.05) is 44.7 Å². The molecular weight excluding hydrogens is 468 g/mol. The smallest absolute Gasteiger partial charge is 0.271 e. The van der Waals surface area contributed by atoms with Crippen molar-refractivity contribution in [1.29, 1.82) is 0 Å². The first-order chi connectivity index (χ1) is 16.5. The van der Waals surface area contributed by atoms with Crippen LogP contribution < -0.4 is 15.4 Å². The van der Waals surface area contributed by atoms with Crippen molar-refractivity contribution >= 4 is 40.4 Å². The van der Waals surface area contributed by atoms with Crippen molar-refractivity contribution in [3.8, 4) is 11.6 Å². The van der Waals surface area contributed by atoms with Crippen LogP contribution in [0.4, 0.5) is 5.69 Å². The number of methoxy groups -OCH3 is 1. The number of hydrogen-bond donors (Lipinski definition) is 2. The molecule has 3 N–H and O–H groups in total. The number of imidazole rings is 1. The van der Waals surface area contributed by atoms with E-state index in [1.807, 2.05) is 13.0 Å². The standard InChI is InChI=1S/C25H28N6O3.ClH/c1-16-19(25(33)31-15-27-22(23(26)32)24(31)28-16)8-9-29-10-12-30(13-11-29)21-5-3-4-17-6-7-18(34-2)14-20(17)21;/h3-7,14-15,33H,8-13H2,1-2H3,(H2,26,32);1H. The van der Waals surface area contributed by atoms with Gasteiger partial charge in [-0.1, -0.05) is 18.2 Å². The molecule has 2 aromatic carbocycles. The maximum Gasteiger partial charge on any atom is 0.271 e. The summed E-state index contributed by atoms with van der Waals surface area (Å²) >= 11 is 0. The second-order valence-corrected chi connectivity index (χ2v) is 8.59. The van der Waals surface area contributed by atoms with Gasteiger partial charge in [-0.05, 0) is 36.9 Å². The van der Waals surface area contributed by atoms with E-state index in [0.29, 0.717) is 12.1 Å². The minimum absolute atomic E-state index is 0. The highest BCUT2D eigenvalue weighted by atomic mass is 35.5. The number of aromatic nitrogens is 3. The predicted molar refractivity (Wildman–Crippen MR) is 138 cm³/mol. The molecule has 0 aliphatic carbocycles. The molecule has 2 aromatic heterocycles. The number of nitrogens with two attached hydrogens (primary N) is 1. The molecule has 184 valence electrons. The van der Waals surface area contributed by atoms with Gasteiger partial charge in [-0.25, -0.2) is 9.97 Å². The van der Waals surface area contributed by atoms with Gasteiger partial charge in [0.2, 0.25) is 5.88 Å². The van der Waals surface area contributed by atoms with Crippen LogP contribution in [0.2, 0.25) is 0 Å². The number of amides is 1. The predicted octanol–water partition coefficient (Wildman–Crippen LogP) is 2.79. The molecule has 4 aromatic rings. The van der Waals surface area contributed by atoms with Crippen LogP contribution in [-0.2, 0) is 6.42 Å². The highest BCUT2D eigenvalue weighted by molar-refractivity contribution is 5.97. The van der Waals surface area contributed by atoms with Gasteiger partial charge >= 0.3 is 0 Å². The van der Waals surface area contributed by atoms with Gasteiger partial charge in [0, 0.05) is 55.1 Å². The van der Waals surface area contributed by atoms with Gasteiger partial charge in [0.1, 0.15) is 12.1 Å². The van der Waals surface area contributed by atoms with Crippen LogP contribution in [0, 0.1) is 6.92 Å². The highest BCUT2D eigenvalue weighted by Gasteiger charge is 2.22. The summed E-state index contributed by atoms with van der Waals surface area (Å²) in [6.07, 6.45) is 2.04. The number of rotatable bonds is 6. The number of benzene rings is 2. The zero-order chi connectivity index (χ0) is 23.8. The van der Waals surface area contributed by atoms with E-state index in [9.17, 15) is 9.90 Å². The lowest BCUT2D eigenvalue weighted by atomic mass is 10.1. The molecule has 35 heavy (non-hydrogen) atoms. The van der Waals surface area contributed by atoms with E-state index in [0.717, 1.165) is 44.0 Å². The number of aromatic hydroxyl groups is 1. The average Bonchev–Trinajstić information content (AvgIpc) is 3.28. The fourth-order valence-electron chi connectivity index (χ4n) is 4.72. The van der Waals surface area contributed by atoms with Crippen LogP contribution in [0.3, 0.4) is 0 Å². The second kappa shape index (κ2) is 9.97. The van der Waals surface area contributed by atoms with Crippen molar-refractivity contribution in [1.82, 2.24) is 19.3 Å². The van der Waals surface area contributed by atoms with Crippen molar-refractivity contribution in [3.05, 3.63) is 59.7 Å². The van der Waals surface area contributed by atoms with Gasteiger partial charge < -0.3 is 20.5 Å². The first-order valence-corrected chi connectivity index (χ1v) is 11.4. The number of primary amides is 1. The summed E-state index contributed by atoms with van der Waals surface area (Å²) < 4.78 is 6.86. The van der Waals surface area contributed by atoms with E-state index in [2.05, 4.69) is 50.1 Å². The van der Waals surface area contributed by atoms with Gasteiger partial charge in [0.05, 0.1) is 7.11 Å². The summed E-state index contributed by atoms with van der Waals surface area (Å²) in [7, 11) is 1.69. The lowest BCUT2D eigenvalue weighted by Crippen LogP contribution is -2.47. The molecule has 0 radical (unpaired) electrons. The van der Waals surface area contributed by atoms with Crippen molar-refractivity contribution in [2.45, 2.75) is 13.3 Å². The minimum Gasteiger partial charge on any atom is -0.497 e. The number of piperazine rings is 1. The number of carbonyl (C=O) groups is 1. The molecule has 0 atom stereocenters. The fourth-order valence-corrected chi connectivity index (χ4v) is 4.72. The van der Waals surface area contributed by atoms with E-state index in [-0.39, 0.29) is 29.6 Å². The van der Waals surface area contributed by atoms with Crippen LogP contribution in [0.5, 0.6) is 11.6 Å². The number of fused-ring (bicyclic) bond motifs is 2. The summed E-state index contributed by atoms with van der Waals surface area (Å²) in [6.45, 7) is 6.32. The van der Waals surface area contributed by atoms with Gasteiger partial charge in [0.25, 0.3) is 5.91 Å². The first-order valence-electron chi connectivity index (χ1n) is 11.4. The molecule has 1 amide bonds. The average molecular weight is 497 g/mol. The Labute approximate surface area is 209 Å². The first kappa shape index (κ1) is 24.6. The maximum absolute atomic E-state index is 11.6. The lowest BCUT2D eigenvalue weighted by molar-refractivity contribution is 0.0997. The molecule has 10 heteroatoms. The van der Waals surface area contributed by atoms with E-state index >= 15 is 0 Å². The third-order valence-corrected chi connectivity index (χ3v) is 6.64. The van der Waals surface area contributed by atoms with Gasteiger partial charge in [-0.15, -0.1) is 12.4 Å². The van der Waals surface area contributed by atoms with Crippen LogP contribution in [0.25, 0.3) is 16.4 Å². The molecule has 3 heterocycles. The largest absolute Gasteiger partial charge is 0.497 e. The van der Waals surface area contributed by atoms with Crippen molar-refractivity contribution in [3.63, 3.8) is 0 Å². The molecule has 0 saturated carbocycles. The number of aryl methyl sites for hydroxylation is 1. The Balaban J connectivity index is 0.00000289. The molecule has 1 saturated heterocycles. The number of carbonyl (C=O) groups excluding carboxylic acids is 1. The zero-order valence-corrected chi connectivity index (χ0v) is 20.6. The molecule has 1 aliphatic rings. The Morgan fingerprint density at radius 3 is 2.66 bits per heavy atom.